The molecule has 80 valence electrons. The summed E-state index contributed by atoms with van der Waals surface area (Å²) >= 11 is 1.83. The standard InChI is InChI=1S/C10H16FIN2/c1-10(11,12)5-4-9-3-2-8(6-13)7-14-9/h2-3,14H,4-7,13H2,1H3. The molecule has 1 heterocycles. The SMILES string of the molecule is CC(F)(I)CCC1=CC=C(CN)CN1. The molecule has 4 heteroatoms. The van der Waals surface area contributed by atoms with Crippen LogP contribution in [0, 0.1) is 0 Å². The van der Waals surface area contributed by atoms with Crippen molar-refractivity contribution in [3.63, 3.8) is 0 Å². The summed E-state index contributed by atoms with van der Waals surface area (Å²) in [5.41, 5.74) is 7.78. The number of dihydropyridines is 1. The molecule has 2 nitrogen and oxygen atoms in total. The Balaban J connectivity index is 2.41. The van der Waals surface area contributed by atoms with Gasteiger partial charge in [-0.3, -0.25) is 0 Å². The highest BCUT2D eigenvalue weighted by Crippen LogP contribution is 2.27. The molecular formula is C10H16FIN2. The van der Waals surface area contributed by atoms with E-state index in [0.717, 1.165) is 18.7 Å². The third-order valence-corrected chi connectivity index (χ3v) is 2.70. The number of hydrogen-bond acceptors (Lipinski definition) is 2. The Bertz CT molecular complexity index is 253. The molecule has 1 atom stereocenters. The van der Waals surface area contributed by atoms with Crippen molar-refractivity contribution in [1.82, 2.24) is 5.32 Å². The summed E-state index contributed by atoms with van der Waals surface area (Å²) in [7, 11) is 0. The first-order valence-electron chi connectivity index (χ1n) is 4.71. The van der Waals surface area contributed by atoms with Crippen LogP contribution in [0.15, 0.2) is 23.4 Å². The zero-order valence-electron chi connectivity index (χ0n) is 8.32. The van der Waals surface area contributed by atoms with Crippen LogP contribution in [0.25, 0.3) is 0 Å². The lowest BCUT2D eigenvalue weighted by Crippen LogP contribution is -2.24. The van der Waals surface area contributed by atoms with Gasteiger partial charge in [0.05, 0.1) is 0 Å². The number of rotatable bonds is 4. The maximum atomic E-state index is 13.2. The van der Waals surface area contributed by atoms with Gasteiger partial charge < -0.3 is 11.1 Å². The van der Waals surface area contributed by atoms with Crippen molar-refractivity contribution in [3.8, 4) is 0 Å². The highest BCUT2D eigenvalue weighted by molar-refractivity contribution is 14.1. The lowest BCUT2D eigenvalue weighted by atomic mass is 10.1. The molecule has 0 bridgehead atoms. The fourth-order valence-electron chi connectivity index (χ4n) is 1.23. The van der Waals surface area contributed by atoms with Gasteiger partial charge in [0, 0.05) is 18.8 Å². The van der Waals surface area contributed by atoms with Gasteiger partial charge in [-0.05, 0) is 54.0 Å². The summed E-state index contributed by atoms with van der Waals surface area (Å²) in [4.78, 5) is 0. The molecule has 0 amide bonds. The molecular weight excluding hydrogens is 294 g/mol. The quantitative estimate of drug-likeness (QED) is 0.617. The fourth-order valence-corrected chi connectivity index (χ4v) is 1.50. The van der Waals surface area contributed by atoms with E-state index in [-0.39, 0.29) is 0 Å². The minimum absolute atomic E-state index is 0.540. The van der Waals surface area contributed by atoms with Crippen molar-refractivity contribution < 1.29 is 4.39 Å². The predicted octanol–water partition coefficient (Wildman–Crippen LogP) is 2.26. The smallest absolute Gasteiger partial charge is 0.158 e. The second-order valence-corrected chi connectivity index (χ2v) is 5.89. The molecule has 0 saturated carbocycles. The molecule has 14 heavy (non-hydrogen) atoms. The molecule has 1 rings (SSSR count). The average Bonchev–Trinajstić information content (AvgIpc) is 2.14. The monoisotopic (exact) mass is 310 g/mol. The first kappa shape index (κ1) is 12.0. The van der Waals surface area contributed by atoms with Crippen LogP contribution >= 0.6 is 22.6 Å². The predicted molar refractivity (Wildman–Crippen MR) is 66.0 cm³/mol. The van der Waals surface area contributed by atoms with Crippen molar-refractivity contribution in [2.75, 3.05) is 13.1 Å². The van der Waals surface area contributed by atoms with Crippen molar-refractivity contribution in [1.29, 1.82) is 0 Å². The molecule has 0 fully saturated rings. The van der Waals surface area contributed by atoms with E-state index in [4.69, 9.17) is 5.73 Å². The van der Waals surface area contributed by atoms with Gasteiger partial charge in [-0.2, -0.15) is 0 Å². The first-order valence-corrected chi connectivity index (χ1v) is 5.79. The number of allylic oxidation sites excluding steroid dienone is 3. The second-order valence-electron chi connectivity index (χ2n) is 3.64. The zero-order chi connectivity index (χ0) is 10.6. The third-order valence-electron chi connectivity index (χ3n) is 2.16. The van der Waals surface area contributed by atoms with E-state index in [2.05, 4.69) is 5.32 Å². The van der Waals surface area contributed by atoms with Crippen LogP contribution in [0.3, 0.4) is 0 Å². The number of nitrogens with one attached hydrogen (secondary N) is 1. The lowest BCUT2D eigenvalue weighted by Gasteiger charge is -2.18. The largest absolute Gasteiger partial charge is 0.385 e. The molecule has 0 aromatic heterocycles. The summed E-state index contributed by atoms with van der Waals surface area (Å²) in [6, 6.07) is 0. The maximum Gasteiger partial charge on any atom is 0.158 e. The number of halogens is 2. The molecule has 0 saturated heterocycles. The highest BCUT2D eigenvalue weighted by atomic mass is 127. The summed E-state index contributed by atoms with van der Waals surface area (Å²) < 4.78 is 12.1. The van der Waals surface area contributed by atoms with E-state index < -0.39 is 3.68 Å². The van der Waals surface area contributed by atoms with Crippen LogP contribution in [-0.2, 0) is 0 Å². The van der Waals surface area contributed by atoms with Gasteiger partial charge in [0.2, 0.25) is 0 Å². The van der Waals surface area contributed by atoms with Crippen LogP contribution in [0.4, 0.5) is 4.39 Å². The minimum atomic E-state index is -1.11. The van der Waals surface area contributed by atoms with E-state index in [9.17, 15) is 4.39 Å². The lowest BCUT2D eigenvalue weighted by molar-refractivity contribution is 0.318. The Kier molecular flexibility index (Phi) is 4.37. The summed E-state index contributed by atoms with van der Waals surface area (Å²) in [6.07, 6.45) is 5.31. The van der Waals surface area contributed by atoms with Crippen molar-refractivity contribution in [2.24, 2.45) is 5.73 Å². The molecule has 0 spiro atoms. The molecule has 1 aliphatic rings. The third kappa shape index (κ3) is 4.41. The van der Waals surface area contributed by atoms with Crippen molar-refractivity contribution in [2.45, 2.75) is 23.4 Å². The van der Waals surface area contributed by atoms with Gasteiger partial charge in [-0.15, -0.1) is 0 Å². The van der Waals surface area contributed by atoms with E-state index in [1.165, 1.54) is 5.57 Å². The van der Waals surface area contributed by atoms with Gasteiger partial charge in [-0.1, -0.05) is 6.08 Å². The normalized spacial score (nSPS) is 20.6. The van der Waals surface area contributed by atoms with Gasteiger partial charge in [0.25, 0.3) is 0 Å². The molecule has 0 aromatic carbocycles. The summed E-state index contributed by atoms with van der Waals surface area (Å²) in [6.45, 7) is 2.98. The zero-order valence-corrected chi connectivity index (χ0v) is 10.5. The number of hydrogen-bond donors (Lipinski definition) is 2. The van der Waals surface area contributed by atoms with Crippen LogP contribution in [0.5, 0.6) is 0 Å². The van der Waals surface area contributed by atoms with E-state index in [1.807, 2.05) is 34.7 Å². The second kappa shape index (κ2) is 5.11. The average molecular weight is 310 g/mol. The summed E-state index contributed by atoms with van der Waals surface area (Å²) in [5.74, 6) is 0. The maximum absolute atomic E-state index is 13.2. The van der Waals surface area contributed by atoms with Crippen molar-refractivity contribution >= 4 is 22.6 Å². The molecule has 0 aromatic rings. The van der Waals surface area contributed by atoms with Gasteiger partial charge >= 0.3 is 0 Å². The Hall–Kier alpha value is -0.100. The topological polar surface area (TPSA) is 38.0 Å². The Morgan fingerprint density at radius 2 is 2.36 bits per heavy atom. The molecule has 1 unspecified atom stereocenters. The highest BCUT2D eigenvalue weighted by Gasteiger charge is 2.18. The number of alkyl halides is 2. The molecule has 1 aliphatic heterocycles. The van der Waals surface area contributed by atoms with Crippen LogP contribution < -0.4 is 11.1 Å². The Morgan fingerprint density at radius 1 is 1.64 bits per heavy atom. The van der Waals surface area contributed by atoms with Gasteiger partial charge in [-0.25, -0.2) is 4.39 Å². The molecule has 0 radical (unpaired) electrons. The molecule has 3 N–H and O–H groups in total. The van der Waals surface area contributed by atoms with Crippen LogP contribution in [-0.4, -0.2) is 16.8 Å². The van der Waals surface area contributed by atoms with E-state index in [1.54, 1.807) is 6.92 Å². The Labute approximate surface area is 98.0 Å². The van der Waals surface area contributed by atoms with Crippen molar-refractivity contribution in [3.05, 3.63) is 23.4 Å². The fraction of sp³-hybridized carbons (Fsp3) is 0.600. The van der Waals surface area contributed by atoms with E-state index in [0.29, 0.717) is 13.0 Å². The van der Waals surface area contributed by atoms with Gasteiger partial charge in [0.1, 0.15) is 0 Å². The van der Waals surface area contributed by atoms with Crippen LogP contribution in [0.2, 0.25) is 0 Å². The first-order chi connectivity index (χ1) is 6.51. The number of nitrogens with two attached hydrogens (primary N) is 1. The van der Waals surface area contributed by atoms with Crippen LogP contribution in [0.1, 0.15) is 19.8 Å². The van der Waals surface area contributed by atoms with E-state index >= 15 is 0 Å². The van der Waals surface area contributed by atoms with Gasteiger partial charge in [0.15, 0.2) is 3.68 Å². The molecule has 0 aliphatic carbocycles. The summed E-state index contributed by atoms with van der Waals surface area (Å²) in [5, 5.41) is 3.24. The minimum Gasteiger partial charge on any atom is -0.385 e. The Morgan fingerprint density at radius 3 is 2.79 bits per heavy atom.